The minimum Gasteiger partial charge on any atom is -0.355 e. The molecule has 1 aliphatic carbocycles. The molecule has 140 valence electrons. The maximum atomic E-state index is 12.2. The van der Waals surface area contributed by atoms with Crippen LogP contribution in [-0.2, 0) is 11.2 Å². The normalized spacial score (nSPS) is 13.6. The minimum atomic E-state index is 0.0519. The molecule has 1 fully saturated rings. The van der Waals surface area contributed by atoms with E-state index >= 15 is 0 Å². The van der Waals surface area contributed by atoms with Gasteiger partial charge in [0.1, 0.15) is 0 Å². The zero-order valence-corrected chi connectivity index (χ0v) is 16.6. The Bertz CT molecular complexity index is 873. The minimum absolute atomic E-state index is 0.0519. The van der Waals surface area contributed by atoms with E-state index in [0.29, 0.717) is 18.3 Å². The number of amides is 1. The Balaban J connectivity index is 1.27. The number of benzene rings is 1. The molecule has 0 aliphatic heterocycles. The van der Waals surface area contributed by atoms with E-state index in [9.17, 15) is 4.79 Å². The van der Waals surface area contributed by atoms with Crippen LogP contribution in [0, 0.1) is 0 Å². The Kier molecular flexibility index (Phi) is 5.89. The Labute approximate surface area is 167 Å². The molecule has 7 heteroatoms. The summed E-state index contributed by atoms with van der Waals surface area (Å²) in [6, 6.07) is 14.9. The van der Waals surface area contributed by atoms with Crippen molar-refractivity contribution >= 4 is 29.0 Å². The summed E-state index contributed by atoms with van der Waals surface area (Å²) in [5.41, 5.74) is 1.31. The lowest BCUT2D eigenvalue weighted by Crippen LogP contribution is -2.26. The standard InChI is InChI=1S/C20H22N4OS2/c25-18(21-12-4-8-15-6-2-1-3-7-15)14-27-20-23-22-19(17-9-5-13-26-17)24(20)16-10-11-16/h1-3,5-7,9,13,16H,4,8,10-12,14H2,(H,21,25). The van der Waals surface area contributed by atoms with Crippen molar-refractivity contribution in [1.82, 2.24) is 20.1 Å². The zero-order valence-electron chi connectivity index (χ0n) is 15.0. The fourth-order valence-electron chi connectivity index (χ4n) is 2.96. The van der Waals surface area contributed by atoms with Gasteiger partial charge in [0.2, 0.25) is 5.91 Å². The lowest BCUT2D eigenvalue weighted by molar-refractivity contribution is -0.118. The third-order valence-electron chi connectivity index (χ3n) is 4.46. The maximum absolute atomic E-state index is 12.2. The number of thiophene rings is 1. The van der Waals surface area contributed by atoms with Gasteiger partial charge in [-0.05, 0) is 42.7 Å². The molecule has 0 radical (unpaired) electrons. The highest BCUT2D eigenvalue weighted by Gasteiger charge is 2.30. The van der Waals surface area contributed by atoms with E-state index < -0.39 is 0 Å². The van der Waals surface area contributed by atoms with Crippen molar-refractivity contribution in [3.63, 3.8) is 0 Å². The Hall–Kier alpha value is -2.12. The summed E-state index contributed by atoms with van der Waals surface area (Å²) in [4.78, 5) is 13.3. The Morgan fingerprint density at radius 2 is 2.04 bits per heavy atom. The molecule has 1 N–H and O–H groups in total. The Morgan fingerprint density at radius 3 is 2.78 bits per heavy atom. The van der Waals surface area contributed by atoms with Crippen LogP contribution in [0.3, 0.4) is 0 Å². The van der Waals surface area contributed by atoms with E-state index in [-0.39, 0.29) is 5.91 Å². The number of nitrogens with zero attached hydrogens (tertiary/aromatic N) is 3. The van der Waals surface area contributed by atoms with Gasteiger partial charge in [0.05, 0.1) is 10.6 Å². The van der Waals surface area contributed by atoms with Crippen molar-refractivity contribution in [3.05, 3.63) is 53.4 Å². The first-order valence-corrected chi connectivity index (χ1v) is 11.1. The van der Waals surface area contributed by atoms with Crippen LogP contribution in [0.1, 0.15) is 30.9 Å². The fourth-order valence-corrected chi connectivity index (χ4v) is 4.50. The summed E-state index contributed by atoms with van der Waals surface area (Å²) in [6.45, 7) is 0.698. The number of rotatable bonds is 9. The third kappa shape index (κ3) is 4.78. The number of carbonyl (C=O) groups is 1. The Morgan fingerprint density at radius 1 is 1.19 bits per heavy atom. The summed E-state index contributed by atoms with van der Waals surface area (Å²) in [6.07, 6.45) is 4.25. The fraction of sp³-hybridized carbons (Fsp3) is 0.350. The van der Waals surface area contributed by atoms with Crippen LogP contribution < -0.4 is 5.32 Å². The largest absolute Gasteiger partial charge is 0.355 e. The molecule has 0 unspecified atom stereocenters. The van der Waals surface area contributed by atoms with E-state index in [1.165, 1.54) is 17.3 Å². The van der Waals surface area contributed by atoms with Gasteiger partial charge in [0.15, 0.2) is 11.0 Å². The van der Waals surface area contributed by atoms with E-state index in [1.54, 1.807) is 11.3 Å². The van der Waals surface area contributed by atoms with Crippen LogP contribution in [0.2, 0.25) is 0 Å². The highest BCUT2D eigenvalue weighted by molar-refractivity contribution is 7.99. The molecule has 27 heavy (non-hydrogen) atoms. The number of aromatic nitrogens is 3. The number of thioether (sulfide) groups is 1. The van der Waals surface area contributed by atoms with Crippen LogP contribution in [0.15, 0.2) is 53.0 Å². The monoisotopic (exact) mass is 398 g/mol. The van der Waals surface area contributed by atoms with Gasteiger partial charge in [-0.2, -0.15) is 0 Å². The molecule has 1 aliphatic rings. The smallest absolute Gasteiger partial charge is 0.230 e. The van der Waals surface area contributed by atoms with Crippen LogP contribution in [-0.4, -0.2) is 33.0 Å². The van der Waals surface area contributed by atoms with Crippen molar-refractivity contribution in [3.8, 4) is 10.7 Å². The van der Waals surface area contributed by atoms with Crippen molar-refractivity contribution in [1.29, 1.82) is 0 Å². The molecule has 0 spiro atoms. The zero-order chi connectivity index (χ0) is 18.5. The molecule has 0 atom stereocenters. The maximum Gasteiger partial charge on any atom is 0.230 e. The van der Waals surface area contributed by atoms with Gasteiger partial charge in [0, 0.05) is 12.6 Å². The van der Waals surface area contributed by atoms with Gasteiger partial charge < -0.3 is 5.32 Å². The van der Waals surface area contributed by atoms with Gasteiger partial charge in [-0.25, -0.2) is 0 Å². The van der Waals surface area contributed by atoms with Crippen molar-refractivity contribution < 1.29 is 4.79 Å². The molecular formula is C20H22N4OS2. The number of nitrogens with one attached hydrogen (secondary N) is 1. The van der Waals surface area contributed by atoms with Crippen LogP contribution in [0.25, 0.3) is 10.7 Å². The quantitative estimate of drug-likeness (QED) is 0.434. The molecule has 3 aromatic rings. The van der Waals surface area contributed by atoms with Crippen molar-refractivity contribution in [2.45, 2.75) is 36.9 Å². The third-order valence-corrected chi connectivity index (χ3v) is 6.27. The van der Waals surface area contributed by atoms with Crippen LogP contribution >= 0.6 is 23.1 Å². The second-order valence-electron chi connectivity index (χ2n) is 6.61. The van der Waals surface area contributed by atoms with Crippen LogP contribution in [0.5, 0.6) is 0 Å². The second kappa shape index (κ2) is 8.71. The van der Waals surface area contributed by atoms with Gasteiger partial charge in [-0.3, -0.25) is 9.36 Å². The summed E-state index contributed by atoms with van der Waals surface area (Å²) in [5, 5.41) is 14.6. The van der Waals surface area contributed by atoms with Gasteiger partial charge in [0.25, 0.3) is 0 Å². The molecule has 1 aromatic carbocycles. The molecule has 0 bridgehead atoms. The average Bonchev–Trinajstić information content (AvgIpc) is 3.21. The molecule has 1 saturated carbocycles. The SMILES string of the molecule is O=C(CSc1nnc(-c2cccs2)n1C1CC1)NCCCc1ccccc1. The molecular weight excluding hydrogens is 376 g/mol. The summed E-state index contributed by atoms with van der Waals surface area (Å²) >= 11 is 3.15. The summed E-state index contributed by atoms with van der Waals surface area (Å²) in [7, 11) is 0. The highest BCUT2D eigenvalue weighted by Crippen LogP contribution is 2.41. The van der Waals surface area contributed by atoms with Gasteiger partial charge >= 0.3 is 0 Å². The first kappa shape index (κ1) is 18.3. The number of hydrogen-bond donors (Lipinski definition) is 1. The number of hydrogen-bond acceptors (Lipinski definition) is 5. The summed E-state index contributed by atoms with van der Waals surface area (Å²) in [5.74, 6) is 1.36. The summed E-state index contributed by atoms with van der Waals surface area (Å²) < 4.78 is 2.21. The van der Waals surface area contributed by atoms with E-state index in [2.05, 4.69) is 43.7 Å². The number of carbonyl (C=O) groups excluding carboxylic acids is 1. The number of aryl methyl sites for hydroxylation is 1. The highest BCUT2D eigenvalue weighted by atomic mass is 32.2. The van der Waals surface area contributed by atoms with Crippen molar-refractivity contribution in [2.24, 2.45) is 0 Å². The van der Waals surface area contributed by atoms with E-state index in [0.717, 1.165) is 41.5 Å². The van der Waals surface area contributed by atoms with Crippen molar-refractivity contribution in [2.75, 3.05) is 12.3 Å². The lowest BCUT2D eigenvalue weighted by atomic mass is 10.1. The molecule has 4 rings (SSSR count). The van der Waals surface area contributed by atoms with Crippen LogP contribution in [0.4, 0.5) is 0 Å². The molecule has 0 saturated heterocycles. The van der Waals surface area contributed by atoms with Gasteiger partial charge in [-0.1, -0.05) is 48.2 Å². The first-order chi connectivity index (χ1) is 13.3. The molecule has 1 amide bonds. The molecule has 2 aromatic heterocycles. The first-order valence-electron chi connectivity index (χ1n) is 9.23. The molecule has 5 nitrogen and oxygen atoms in total. The topological polar surface area (TPSA) is 59.8 Å². The second-order valence-corrected chi connectivity index (χ2v) is 8.50. The predicted molar refractivity (Wildman–Crippen MR) is 110 cm³/mol. The van der Waals surface area contributed by atoms with E-state index in [1.807, 2.05) is 24.3 Å². The molecule has 2 heterocycles. The van der Waals surface area contributed by atoms with E-state index in [4.69, 9.17) is 0 Å². The lowest BCUT2D eigenvalue weighted by Gasteiger charge is -2.08. The van der Waals surface area contributed by atoms with Gasteiger partial charge in [-0.15, -0.1) is 21.5 Å². The predicted octanol–water partition coefficient (Wildman–Crippen LogP) is 4.18. The average molecular weight is 399 g/mol.